The first-order chi connectivity index (χ1) is 11.7. The van der Waals surface area contributed by atoms with E-state index in [4.69, 9.17) is 0 Å². The fraction of sp³-hybridized carbons (Fsp3) is 0.588. The van der Waals surface area contributed by atoms with Crippen molar-refractivity contribution in [3.63, 3.8) is 0 Å². The maximum atomic E-state index is 13.5. The summed E-state index contributed by atoms with van der Waals surface area (Å²) >= 11 is 0. The lowest BCUT2D eigenvalue weighted by Crippen LogP contribution is -2.34. The number of hydrogen-bond acceptors (Lipinski definition) is 5. The number of aliphatic hydroxyl groups is 1. The molecule has 24 heavy (non-hydrogen) atoms. The van der Waals surface area contributed by atoms with Crippen molar-refractivity contribution in [3.05, 3.63) is 41.5 Å². The lowest BCUT2D eigenvalue weighted by Gasteiger charge is -2.28. The zero-order valence-corrected chi connectivity index (χ0v) is 14.0. The Kier molecular flexibility index (Phi) is 5.52. The Balaban J connectivity index is 1.82. The fourth-order valence-corrected chi connectivity index (χ4v) is 3.41. The number of halogens is 1. The Bertz CT molecular complexity index is 662. The van der Waals surface area contributed by atoms with Crippen LogP contribution in [0.15, 0.2) is 24.3 Å². The molecule has 0 amide bonds. The van der Waals surface area contributed by atoms with E-state index in [1.165, 1.54) is 6.07 Å². The second-order valence-corrected chi connectivity index (χ2v) is 6.35. The molecule has 1 aromatic heterocycles. The maximum Gasteiger partial charge on any atom is 0.168 e. The predicted octanol–water partition coefficient (Wildman–Crippen LogP) is 2.31. The molecule has 1 N–H and O–H groups in total. The van der Waals surface area contributed by atoms with Crippen molar-refractivity contribution < 1.29 is 9.50 Å². The summed E-state index contributed by atoms with van der Waals surface area (Å²) in [5.41, 5.74) is 0.896. The largest absolute Gasteiger partial charge is 0.395 e. The summed E-state index contributed by atoms with van der Waals surface area (Å²) in [5.74, 6) is 0.604. The number of nitrogens with zero attached hydrogens (tertiary/aromatic N) is 5. The molecule has 2 atom stereocenters. The van der Waals surface area contributed by atoms with Gasteiger partial charge < -0.3 is 5.11 Å². The van der Waals surface area contributed by atoms with Gasteiger partial charge in [0.05, 0.1) is 12.6 Å². The van der Waals surface area contributed by atoms with Crippen molar-refractivity contribution in [3.8, 4) is 0 Å². The second kappa shape index (κ2) is 7.81. The molecule has 0 saturated carbocycles. The smallest absolute Gasteiger partial charge is 0.168 e. The van der Waals surface area contributed by atoms with Crippen LogP contribution in [0, 0.1) is 5.82 Å². The van der Waals surface area contributed by atoms with Crippen molar-refractivity contribution in [2.45, 2.75) is 57.8 Å². The molecule has 0 radical (unpaired) electrons. The fourth-order valence-electron chi connectivity index (χ4n) is 3.41. The molecule has 130 valence electrons. The van der Waals surface area contributed by atoms with Crippen molar-refractivity contribution >= 4 is 0 Å². The van der Waals surface area contributed by atoms with Crippen LogP contribution >= 0.6 is 0 Å². The SMILES string of the molecule is CCCCn1nnnc1[C@H]1CC[C@@H](CO)N1Cc1cccc(F)c1. The number of hydrogen-bond donors (Lipinski definition) is 1. The lowest BCUT2D eigenvalue weighted by molar-refractivity contribution is 0.117. The highest BCUT2D eigenvalue weighted by molar-refractivity contribution is 5.17. The van der Waals surface area contributed by atoms with Crippen LogP contribution < -0.4 is 0 Å². The van der Waals surface area contributed by atoms with Gasteiger partial charge in [0.1, 0.15) is 5.82 Å². The molecule has 1 fully saturated rings. The minimum Gasteiger partial charge on any atom is -0.395 e. The third-order valence-electron chi connectivity index (χ3n) is 4.69. The van der Waals surface area contributed by atoms with E-state index >= 15 is 0 Å². The number of aromatic nitrogens is 4. The number of unbranched alkanes of at least 4 members (excludes halogenated alkanes) is 1. The molecule has 6 nitrogen and oxygen atoms in total. The van der Waals surface area contributed by atoms with Crippen molar-refractivity contribution in [1.29, 1.82) is 0 Å². The zero-order valence-electron chi connectivity index (χ0n) is 14.0. The normalized spacial score (nSPS) is 21.5. The van der Waals surface area contributed by atoms with Gasteiger partial charge >= 0.3 is 0 Å². The molecule has 3 rings (SSSR count). The number of likely N-dealkylation sites (tertiary alicyclic amines) is 1. The number of aliphatic hydroxyl groups excluding tert-OH is 1. The molecule has 2 heterocycles. The first kappa shape index (κ1) is 17.0. The van der Waals surface area contributed by atoms with Gasteiger partial charge in [0, 0.05) is 19.1 Å². The quantitative estimate of drug-likeness (QED) is 0.842. The summed E-state index contributed by atoms with van der Waals surface area (Å²) in [6.45, 7) is 3.60. The minimum absolute atomic E-state index is 0.0505. The highest BCUT2D eigenvalue weighted by atomic mass is 19.1. The number of aryl methyl sites for hydroxylation is 1. The number of tetrazole rings is 1. The average Bonchev–Trinajstić information content (AvgIpc) is 3.19. The summed E-state index contributed by atoms with van der Waals surface area (Å²) in [5, 5.41) is 21.9. The van der Waals surface area contributed by atoms with Crippen LogP contribution in [0.4, 0.5) is 4.39 Å². The van der Waals surface area contributed by atoms with Gasteiger partial charge in [-0.2, -0.15) is 0 Å². The maximum absolute atomic E-state index is 13.5. The molecule has 1 saturated heterocycles. The van der Waals surface area contributed by atoms with Crippen LogP contribution in [0.2, 0.25) is 0 Å². The number of rotatable bonds is 7. The predicted molar refractivity (Wildman–Crippen MR) is 87.5 cm³/mol. The average molecular weight is 333 g/mol. The molecular formula is C17H24FN5O. The Morgan fingerprint density at radius 3 is 2.96 bits per heavy atom. The van der Waals surface area contributed by atoms with Crippen LogP contribution in [0.1, 0.15) is 50.0 Å². The zero-order chi connectivity index (χ0) is 16.9. The van der Waals surface area contributed by atoms with E-state index < -0.39 is 0 Å². The lowest BCUT2D eigenvalue weighted by atomic mass is 10.1. The molecule has 0 aliphatic carbocycles. The van der Waals surface area contributed by atoms with E-state index in [1.807, 2.05) is 10.7 Å². The molecule has 1 aromatic carbocycles. The van der Waals surface area contributed by atoms with Gasteiger partial charge in [-0.1, -0.05) is 25.5 Å². The Morgan fingerprint density at radius 2 is 2.21 bits per heavy atom. The summed E-state index contributed by atoms with van der Waals surface area (Å²) in [7, 11) is 0. The van der Waals surface area contributed by atoms with Gasteiger partial charge in [-0.3, -0.25) is 4.90 Å². The van der Waals surface area contributed by atoms with Gasteiger partial charge in [-0.05, 0) is 47.4 Å². The van der Waals surface area contributed by atoms with Crippen molar-refractivity contribution in [2.24, 2.45) is 0 Å². The van der Waals surface area contributed by atoms with Gasteiger partial charge in [-0.15, -0.1) is 5.10 Å². The molecular weight excluding hydrogens is 309 g/mol. The third kappa shape index (κ3) is 3.62. The van der Waals surface area contributed by atoms with Crippen molar-refractivity contribution in [2.75, 3.05) is 6.61 Å². The Hall–Kier alpha value is -1.86. The number of benzene rings is 1. The van der Waals surface area contributed by atoms with Crippen molar-refractivity contribution in [1.82, 2.24) is 25.1 Å². The second-order valence-electron chi connectivity index (χ2n) is 6.35. The first-order valence-electron chi connectivity index (χ1n) is 8.60. The third-order valence-corrected chi connectivity index (χ3v) is 4.69. The molecule has 0 bridgehead atoms. The molecule has 1 aliphatic rings. The monoisotopic (exact) mass is 333 g/mol. The van der Waals surface area contributed by atoms with E-state index in [0.29, 0.717) is 6.54 Å². The van der Waals surface area contributed by atoms with Crippen LogP contribution in [0.25, 0.3) is 0 Å². The van der Waals surface area contributed by atoms with Gasteiger partial charge in [0.25, 0.3) is 0 Å². The minimum atomic E-state index is -0.239. The summed E-state index contributed by atoms with van der Waals surface area (Å²) in [4.78, 5) is 2.20. The Labute approximate surface area is 141 Å². The molecule has 2 aromatic rings. The summed E-state index contributed by atoms with van der Waals surface area (Å²) < 4.78 is 15.4. The highest BCUT2D eigenvalue weighted by Crippen LogP contribution is 2.36. The molecule has 7 heteroatoms. The van der Waals surface area contributed by atoms with E-state index in [2.05, 4.69) is 27.3 Å². The van der Waals surface area contributed by atoms with E-state index in [1.54, 1.807) is 12.1 Å². The van der Waals surface area contributed by atoms with E-state index in [9.17, 15) is 9.50 Å². The van der Waals surface area contributed by atoms with Gasteiger partial charge in [0.15, 0.2) is 5.82 Å². The van der Waals surface area contributed by atoms with E-state index in [-0.39, 0.29) is 24.5 Å². The van der Waals surface area contributed by atoms with Gasteiger partial charge in [-0.25, -0.2) is 9.07 Å². The van der Waals surface area contributed by atoms with Crippen LogP contribution in [0.3, 0.4) is 0 Å². The molecule has 0 unspecified atom stereocenters. The van der Waals surface area contributed by atoms with Crippen LogP contribution in [0.5, 0.6) is 0 Å². The summed E-state index contributed by atoms with van der Waals surface area (Å²) in [6.07, 6.45) is 3.89. The Morgan fingerprint density at radius 1 is 1.33 bits per heavy atom. The van der Waals surface area contributed by atoms with Gasteiger partial charge in [0.2, 0.25) is 0 Å². The van der Waals surface area contributed by atoms with Crippen LogP contribution in [-0.4, -0.2) is 42.9 Å². The molecule has 1 aliphatic heterocycles. The standard InChI is InChI=1S/C17H24FN5O/c1-2-3-9-23-17(19-20-21-23)16-8-7-15(12-24)22(16)11-13-5-4-6-14(18)10-13/h4-6,10,15-16,24H,2-3,7-9,11-12H2,1H3/t15-,16+/m0/s1. The highest BCUT2D eigenvalue weighted by Gasteiger charge is 2.37. The van der Waals surface area contributed by atoms with E-state index in [0.717, 1.165) is 43.6 Å². The topological polar surface area (TPSA) is 67.1 Å². The summed E-state index contributed by atoms with van der Waals surface area (Å²) in [6, 6.07) is 6.72. The first-order valence-corrected chi connectivity index (χ1v) is 8.60. The molecule has 0 spiro atoms. The van der Waals surface area contributed by atoms with Crippen LogP contribution in [-0.2, 0) is 13.1 Å².